The number of anilines is 1. The Balaban J connectivity index is 0.000000500. The SMILES string of the molecule is C=CO.CCCCc1ccc(N)cc1. The predicted molar refractivity (Wildman–Crippen MR) is 62.3 cm³/mol. The minimum Gasteiger partial charge on any atom is -0.516 e. The lowest BCUT2D eigenvalue weighted by molar-refractivity contribution is 0.476. The van der Waals surface area contributed by atoms with Crippen LogP contribution in [-0.4, -0.2) is 5.11 Å². The van der Waals surface area contributed by atoms with Gasteiger partial charge in [0, 0.05) is 5.69 Å². The molecule has 0 fully saturated rings. The molecule has 0 aromatic heterocycles. The van der Waals surface area contributed by atoms with Crippen LogP contribution < -0.4 is 5.73 Å². The lowest BCUT2D eigenvalue weighted by atomic mass is 10.1. The quantitative estimate of drug-likeness (QED) is 0.571. The molecule has 2 heteroatoms. The van der Waals surface area contributed by atoms with Gasteiger partial charge in [0.05, 0.1) is 6.26 Å². The van der Waals surface area contributed by atoms with Gasteiger partial charge in [0.25, 0.3) is 0 Å². The molecule has 0 atom stereocenters. The van der Waals surface area contributed by atoms with Crippen molar-refractivity contribution in [1.29, 1.82) is 0 Å². The maximum absolute atomic E-state index is 7.33. The van der Waals surface area contributed by atoms with Crippen molar-refractivity contribution in [1.82, 2.24) is 0 Å². The standard InChI is InChI=1S/C10H15N.C2H4O/c1-2-3-4-9-5-7-10(11)8-6-9;1-2-3/h5-8H,2-4,11H2,1H3;2-3H,1H2. The lowest BCUT2D eigenvalue weighted by Gasteiger charge is -1.99. The molecular formula is C12H19NO. The van der Waals surface area contributed by atoms with E-state index in [1.165, 1.54) is 24.8 Å². The Morgan fingerprint density at radius 1 is 1.36 bits per heavy atom. The Labute approximate surface area is 86.1 Å². The highest BCUT2D eigenvalue weighted by atomic mass is 16.2. The Morgan fingerprint density at radius 2 is 1.86 bits per heavy atom. The van der Waals surface area contributed by atoms with Crippen LogP contribution in [0.25, 0.3) is 0 Å². The minimum absolute atomic E-state index is 0.750. The largest absolute Gasteiger partial charge is 0.516 e. The van der Waals surface area contributed by atoms with Crippen LogP contribution in [0.4, 0.5) is 5.69 Å². The van der Waals surface area contributed by atoms with Gasteiger partial charge in [-0.15, -0.1) is 0 Å². The van der Waals surface area contributed by atoms with Gasteiger partial charge in [-0.1, -0.05) is 32.1 Å². The van der Waals surface area contributed by atoms with Gasteiger partial charge in [-0.05, 0) is 30.5 Å². The summed E-state index contributed by atoms with van der Waals surface area (Å²) in [5, 5.41) is 7.33. The van der Waals surface area contributed by atoms with Crippen LogP contribution in [0.2, 0.25) is 0 Å². The van der Waals surface area contributed by atoms with Crippen molar-refractivity contribution in [3.8, 4) is 0 Å². The number of rotatable bonds is 3. The van der Waals surface area contributed by atoms with E-state index in [9.17, 15) is 0 Å². The third-order valence-corrected chi connectivity index (χ3v) is 1.80. The van der Waals surface area contributed by atoms with Crippen molar-refractivity contribution in [3.05, 3.63) is 42.7 Å². The maximum atomic E-state index is 7.33. The van der Waals surface area contributed by atoms with Crippen LogP contribution in [0.3, 0.4) is 0 Å². The molecule has 0 aliphatic carbocycles. The molecule has 0 saturated carbocycles. The molecule has 0 unspecified atom stereocenters. The van der Waals surface area contributed by atoms with Crippen molar-refractivity contribution >= 4 is 5.69 Å². The van der Waals surface area contributed by atoms with E-state index in [1.54, 1.807) is 0 Å². The van der Waals surface area contributed by atoms with Gasteiger partial charge in [-0.3, -0.25) is 0 Å². The van der Waals surface area contributed by atoms with Gasteiger partial charge in [-0.25, -0.2) is 0 Å². The van der Waals surface area contributed by atoms with E-state index in [1.807, 2.05) is 12.1 Å². The molecule has 1 aromatic carbocycles. The zero-order valence-corrected chi connectivity index (χ0v) is 8.74. The van der Waals surface area contributed by atoms with Crippen LogP contribution in [0, 0.1) is 0 Å². The monoisotopic (exact) mass is 193 g/mol. The number of benzene rings is 1. The van der Waals surface area contributed by atoms with Gasteiger partial charge in [0.2, 0.25) is 0 Å². The molecule has 2 nitrogen and oxygen atoms in total. The first-order valence-corrected chi connectivity index (χ1v) is 4.84. The van der Waals surface area contributed by atoms with E-state index in [0.29, 0.717) is 0 Å². The summed E-state index contributed by atoms with van der Waals surface area (Å²) in [5.74, 6) is 0. The molecule has 1 aromatic rings. The number of unbranched alkanes of at least 4 members (excludes halogenated alkanes) is 1. The Hall–Kier alpha value is -1.44. The zero-order chi connectivity index (χ0) is 10.8. The lowest BCUT2D eigenvalue weighted by Crippen LogP contribution is -1.87. The first-order chi connectivity index (χ1) is 6.74. The van der Waals surface area contributed by atoms with Crippen molar-refractivity contribution in [3.63, 3.8) is 0 Å². The normalized spacial score (nSPS) is 8.64. The minimum atomic E-state index is 0.750. The Morgan fingerprint density at radius 3 is 2.29 bits per heavy atom. The summed E-state index contributed by atoms with van der Waals surface area (Å²) in [5.41, 5.74) is 7.80. The molecule has 0 radical (unpaired) electrons. The van der Waals surface area contributed by atoms with Crippen LogP contribution in [-0.2, 0) is 6.42 Å². The second kappa shape index (κ2) is 8.17. The fraction of sp³-hybridized carbons (Fsp3) is 0.333. The molecule has 0 bridgehead atoms. The molecule has 14 heavy (non-hydrogen) atoms. The molecule has 0 amide bonds. The number of aliphatic hydroxyl groups is 1. The summed E-state index contributed by atoms with van der Waals surface area (Å²) in [7, 11) is 0. The molecule has 3 N–H and O–H groups in total. The van der Waals surface area contributed by atoms with Gasteiger partial charge in [0.15, 0.2) is 0 Å². The fourth-order valence-electron chi connectivity index (χ4n) is 1.07. The van der Waals surface area contributed by atoms with Crippen LogP contribution >= 0.6 is 0 Å². The molecule has 0 spiro atoms. The van der Waals surface area contributed by atoms with E-state index in [0.717, 1.165) is 11.9 Å². The number of hydrogen-bond donors (Lipinski definition) is 2. The van der Waals surface area contributed by atoms with Crippen molar-refractivity contribution in [2.45, 2.75) is 26.2 Å². The molecule has 78 valence electrons. The summed E-state index contributed by atoms with van der Waals surface area (Å²) in [6.07, 6.45) is 4.45. The smallest absolute Gasteiger partial charge is 0.0719 e. The number of aryl methyl sites for hydroxylation is 1. The van der Waals surface area contributed by atoms with Crippen LogP contribution in [0.5, 0.6) is 0 Å². The summed E-state index contributed by atoms with van der Waals surface area (Å²) in [6.45, 7) is 5.12. The zero-order valence-electron chi connectivity index (χ0n) is 8.74. The first-order valence-electron chi connectivity index (χ1n) is 4.84. The molecule has 0 heterocycles. The maximum Gasteiger partial charge on any atom is 0.0719 e. The van der Waals surface area contributed by atoms with Gasteiger partial charge in [-0.2, -0.15) is 0 Å². The first kappa shape index (κ1) is 12.6. The van der Waals surface area contributed by atoms with E-state index < -0.39 is 0 Å². The van der Waals surface area contributed by atoms with E-state index in [4.69, 9.17) is 10.8 Å². The number of nitrogen functional groups attached to an aromatic ring is 1. The summed E-state index contributed by atoms with van der Waals surface area (Å²) < 4.78 is 0. The second-order valence-corrected chi connectivity index (χ2v) is 3.03. The van der Waals surface area contributed by atoms with Crippen molar-refractivity contribution in [2.75, 3.05) is 5.73 Å². The third-order valence-electron chi connectivity index (χ3n) is 1.80. The van der Waals surface area contributed by atoms with Crippen LogP contribution in [0.1, 0.15) is 25.3 Å². The van der Waals surface area contributed by atoms with Crippen LogP contribution in [0.15, 0.2) is 37.1 Å². The highest BCUT2D eigenvalue weighted by Gasteiger charge is 1.90. The second-order valence-electron chi connectivity index (χ2n) is 3.03. The van der Waals surface area contributed by atoms with Crippen molar-refractivity contribution in [2.24, 2.45) is 0 Å². The van der Waals surface area contributed by atoms with Gasteiger partial charge in [0.1, 0.15) is 0 Å². The molecule has 0 saturated heterocycles. The number of hydrogen-bond acceptors (Lipinski definition) is 2. The average Bonchev–Trinajstić information content (AvgIpc) is 2.18. The highest BCUT2D eigenvalue weighted by molar-refractivity contribution is 5.39. The molecule has 0 aliphatic rings. The Bertz CT molecular complexity index is 241. The van der Waals surface area contributed by atoms with Gasteiger partial charge >= 0.3 is 0 Å². The summed E-state index contributed by atoms with van der Waals surface area (Å²) >= 11 is 0. The summed E-state index contributed by atoms with van der Waals surface area (Å²) in [6, 6.07) is 8.13. The average molecular weight is 193 g/mol. The summed E-state index contributed by atoms with van der Waals surface area (Å²) in [4.78, 5) is 0. The third kappa shape index (κ3) is 6.12. The fourth-order valence-corrected chi connectivity index (χ4v) is 1.07. The van der Waals surface area contributed by atoms with Gasteiger partial charge < -0.3 is 10.8 Å². The van der Waals surface area contributed by atoms with E-state index >= 15 is 0 Å². The molecular weight excluding hydrogens is 174 g/mol. The topological polar surface area (TPSA) is 46.2 Å². The van der Waals surface area contributed by atoms with E-state index in [2.05, 4.69) is 25.6 Å². The number of nitrogens with two attached hydrogens (primary N) is 1. The highest BCUT2D eigenvalue weighted by Crippen LogP contribution is 2.08. The molecule has 1 rings (SSSR count). The van der Waals surface area contributed by atoms with E-state index in [-0.39, 0.29) is 0 Å². The predicted octanol–water partition coefficient (Wildman–Crippen LogP) is 3.30. The number of aliphatic hydroxyl groups excluding tert-OH is 1. The molecule has 0 aliphatic heterocycles. The van der Waals surface area contributed by atoms with Crippen molar-refractivity contribution < 1.29 is 5.11 Å². The Kier molecular flexibility index (Phi) is 7.33.